The average Bonchev–Trinajstić information content (AvgIpc) is 2.29. The zero-order valence-electron chi connectivity index (χ0n) is 7.13. The summed E-state index contributed by atoms with van der Waals surface area (Å²) >= 11 is -0.359. The summed E-state index contributed by atoms with van der Waals surface area (Å²) in [6.07, 6.45) is 0. The number of rotatable bonds is 3. The molecule has 0 aliphatic carbocycles. The van der Waals surface area contributed by atoms with Gasteiger partial charge < -0.3 is 0 Å². The van der Waals surface area contributed by atoms with E-state index in [-0.39, 0.29) is 11.8 Å². The van der Waals surface area contributed by atoms with Crippen molar-refractivity contribution < 1.29 is 27.6 Å². The van der Waals surface area contributed by atoms with Crippen LogP contribution in [0.5, 0.6) is 0 Å². The maximum atomic E-state index is 11.7. The quantitative estimate of drug-likeness (QED) is 0.571. The summed E-state index contributed by atoms with van der Waals surface area (Å²) < 4.78 is 35.1. The van der Waals surface area contributed by atoms with Gasteiger partial charge >= 0.3 is 23.4 Å². The molecule has 1 rings (SSSR count). The second-order valence-corrected chi connectivity index (χ2v) is 3.67. The molecule has 0 spiro atoms. The van der Waals surface area contributed by atoms with Crippen LogP contribution in [-0.4, -0.2) is 40.6 Å². The Morgan fingerprint density at radius 3 is 2.27 bits per heavy atom. The molecule has 15 heavy (non-hydrogen) atoms. The second kappa shape index (κ2) is 4.09. The molecule has 1 aliphatic rings. The first-order valence-corrected chi connectivity index (χ1v) is 4.67. The van der Waals surface area contributed by atoms with E-state index in [0.717, 1.165) is 0 Å². The first-order valence-electron chi connectivity index (χ1n) is 3.69. The number of hydrogen-bond donors (Lipinski definition) is 1. The maximum absolute atomic E-state index is 11.7. The normalized spacial score (nSPS) is 17.3. The number of thioether (sulfide) groups is 1. The van der Waals surface area contributed by atoms with Crippen molar-refractivity contribution in [3.05, 3.63) is 0 Å². The van der Waals surface area contributed by atoms with Crippen molar-refractivity contribution in [3.8, 4) is 0 Å². The molecule has 0 aromatic rings. The van der Waals surface area contributed by atoms with Crippen LogP contribution in [0.2, 0.25) is 0 Å². The lowest BCUT2D eigenvalue weighted by molar-refractivity contribution is -0.140. The fourth-order valence-corrected chi connectivity index (χ4v) is 1.39. The Bertz CT molecular complexity index is 317. The molecule has 1 N–H and O–H groups in total. The van der Waals surface area contributed by atoms with Crippen molar-refractivity contribution in [1.82, 2.24) is 10.2 Å². The van der Waals surface area contributed by atoms with E-state index in [0.29, 0.717) is 4.90 Å². The van der Waals surface area contributed by atoms with E-state index in [4.69, 9.17) is 0 Å². The molecule has 1 heterocycles. The Balaban J connectivity index is 2.43. The lowest BCUT2D eigenvalue weighted by atomic mass is 10.5. The number of urea groups is 1. The third-order valence-electron chi connectivity index (χ3n) is 1.49. The van der Waals surface area contributed by atoms with Crippen LogP contribution in [0.3, 0.4) is 0 Å². The summed E-state index contributed by atoms with van der Waals surface area (Å²) in [4.78, 5) is 32.8. The molecular weight excluding hydrogens is 237 g/mol. The number of amides is 4. The fourth-order valence-electron chi connectivity index (χ4n) is 0.889. The highest BCUT2D eigenvalue weighted by Gasteiger charge is 2.37. The van der Waals surface area contributed by atoms with Crippen LogP contribution in [0.15, 0.2) is 0 Å². The zero-order valence-corrected chi connectivity index (χ0v) is 7.94. The van der Waals surface area contributed by atoms with Crippen molar-refractivity contribution in [2.24, 2.45) is 0 Å². The minimum Gasteiger partial charge on any atom is -0.269 e. The SMILES string of the molecule is O=C1NC(=O)N(CCSC(F)(F)F)C1=O. The lowest BCUT2D eigenvalue weighted by Gasteiger charge is -2.11. The number of hydrogen-bond acceptors (Lipinski definition) is 4. The number of alkyl halides is 3. The van der Waals surface area contributed by atoms with Gasteiger partial charge in [-0.2, -0.15) is 13.2 Å². The number of imide groups is 2. The topological polar surface area (TPSA) is 66.5 Å². The molecular formula is C6H5F3N2O3S. The molecule has 0 unspecified atom stereocenters. The summed E-state index contributed by atoms with van der Waals surface area (Å²) in [5, 5.41) is 1.67. The van der Waals surface area contributed by atoms with Gasteiger partial charge in [0.1, 0.15) is 0 Å². The number of halogens is 3. The highest BCUT2D eigenvalue weighted by Crippen LogP contribution is 2.29. The summed E-state index contributed by atoms with van der Waals surface area (Å²) in [5.41, 5.74) is -4.41. The molecule has 0 aromatic carbocycles. The zero-order chi connectivity index (χ0) is 11.6. The van der Waals surface area contributed by atoms with Crippen LogP contribution < -0.4 is 5.32 Å². The van der Waals surface area contributed by atoms with Gasteiger partial charge in [-0.3, -0.25) is 19.8 Å². The maximum Gasteiger partial charge on any atom is 0.441 e. The first-order chi connectivity index (χ1) is 6.81. The lowest BCUT2D eigenvalue weighted by Crippen LogP contribution is -2.33. The number of nitrogens with one attached hydrogen (secondary N) is 1. The van der Waals surface area contributed by atoms with Crippen LogP contribution >= 0.6 is 11.8 Å². The highest BCUT2D eigenvalue weighted by atomic mass is 32.2. The molecule has 0 radical (unpaired) electrons. The predicted octanol–water partition coefficient (Wildman–Crippen LogP) is 0.318. The Morgan fingerprint density at radius 2 is 1.87 bits per heavy atom. The minimum atomic E-state index is -4.41. The van der Waals surface area contributed by atoms with E-state index < -0.39 is 35.7 Å². The molecule has 5 nitrogen and oxygen atoms in total. The van der Waals surface area contributed by atoms with E-state index in [1.54, 1.807) is 5.32 Å². The predicted molar refractivity (Wildman–Crippen MR) is 43.8 cm³/mol. The van der Waals surface area contributed by atoms with Gasteiger partial charge in [0.2, 0.25) is 0 Å². The van der Waals surface area contributed by atoms with Gasteiger partial charge in [-0.05, 0) is 11.8 Å². The van der Waals surface area contributed by atoms with E-state index >= 15 is 0 Å². The van der Waals surface area contributed by atoms with Gasteiger partial charge in [-0.1, -0.05) is 0 Å². The molecule has 1 fully saturated rings. The molecule has 1 aliphatic heterocycles. The molecule has 0 atom stereocenters. The molecule has 1 saturated heterocycles. The third-order valence-corrected chi connectivity index (χ3v) is 2.20. The van der Waals surface area contributed by atoms with Gasteiger partial charge in [0, 0.05) is 12.3 Å². The van der Waals surface area contributed by atoms with Crippen molar-refractivity contribution in [3.63, 3.8) is 0 Å². The van der Waals surface area contributed by atoms with Crippen LogP contribution in [0.25, 0.3) is 0 Å². The Kier molecular flexibility index (Phi) is 3.22. The fraction of sp³-hybridized carbons (Fsp3) is 0.500. The van der Waals surface area contributed by atoms with Crippen LogP contribution in [-0.2, 0) is 9.59 Å². The van der Waals surface area contributed by atoms with Crippen molar-refractivity contribution >= 4 is 29.6 Å². The molecule has 0 bridgehead atoms. The van der Waals surface area contributed by atoms with Crippen molar-refractivity contribution in [2.75, 3.05) is 12.3 Å². The molecule has 84 valence electrons. The van der Waals surface area contributed by atoms with E-state index in [1.165, 1.54) is 0 Å². The Labute approximate surface area is 86.0 Å². The minimum absolute atomic E-state index is 0.359. The van der Waals surface area contributed by atoms with Gasteiger partial charge in [0.25, 0.3) is 0 Å². The Morgan fingerprint density at radius 1 is 1.27 bits per heavy atom. The van der Waals surface area contributed by atoms with Gasteiger partial charge in [-0.15, -0.1) is 0 Å². The average molecular weight is 242 g/mol. The highest BCUT2D eigenvalue weighted by molar-refractivity contribution is 8.00. The smallest absolute Gasteiger partial charge is 0.269 e. The number of carbonyl (C=O) groups excluding carboxylic acids is 3. The standard InChI is InChI=1S/C6H5F3N2O3S/c7-6(8,9)15-2-1-11-4(13)3(12)10-5(11)14/h1-2H2,(H,10,12,14). The number of nitrogens with zero attached hydrogens (tertiary/aromatic N) is 1. The molecule has 0 aromatic heterocycles. The summed E-state index contributed by atoms with van der Waals surface area (Å²) in [5.74, 6) is -2.73. The van der Waals surface area contributed by atoms with Crippen LogP contribution in [0, 0.1) is 0 Å². The number of carbonyl (C=O) groups is 3. The van der Waals surface area contributed by atoms with E-state index in [2.05, 4.69) is 0 Å². The monoisotopic (exact) mass is 242 g/mol. The van der Waals surface area contributed by atoms with E-state index in [1.807, 2.05) is 0 Å². The third kappa shape index (κ3) is 3.11. The van der Waals surface area contributed by atoms with E-state index in [9.17, 15) is 27.6 Å². The summed E-state index contributed by atoms with van der Waals surface area (Å²) in [6, 6.07) is -0.979. The van der Waals surface area contributed by atoms with Crippen molar-refractivity contribution in [1.29, 1.82) is 0 Å². The van der Waals surface area contributed by atoms with Crippen LogP contribution in [0.1, 0.15) is 0 Å². The summed E-state index contributed by atoms with van der Waals surface area (Å²) in [7, 11) is 0. The summed E-state index contributed by atoms with van der Waals surface area (Å²) in [6.45, 7) is -0.444. The molecule has 0 saturated carbocycles. The van der Waals surface area contributed by atoms with Gasteiger partial charge in [0.15, 0.2) is 0 Å². The molecule has 4 amide bonds. The van der Waals surface area contributed by atoms with Gasteiger partial charge in [0.05, 0.1) is 0 Å². The van der Waals surface area contributed by atoms with Gasteiger partial charge in [-0.25, -0.2) is 4.79 Å². The second-order valence-electron chi connectivity index (χ2n) is 2.51. The first kappa shape index (κ1) is 11.8. The van der Waals surface area contributed by atoms with Crippen LogP contribution in [0.4, 0.5) is 18.0 Å². The molecule has 9 heteroatoms. The largest absolute Gasteiger partial charge is 0.441 e. The van der Waals surface area contributed by atoms with Crippen molar-refractivity contribution in [2.45, 2.75) is 5.51 Å². The Hall–Kier alpha value is -1.25.